The minimum Gasteiger partial charge on any atom is -0.378 e. The van der Waals surface area contributed by atoms with Gasteiger partial charge in [0.1, 0.15) is 0 Å². The summed E-state index contributed by atoms with van der Waals surface area (Å²) in [6.07, 6.45) is 8.96. The Morgan fingerprint density at radius 3 is 2.72 bits per heavy atom. The number of aromatic nitrogens is 4. The van der Waals surface area contributed by atoms with Crippen molar-refractivity contribution >= 4 is 39.4 Å². The minimum absolute atomic E-state index is 0.102. The molecular formula is C23H18ClN5. The zero-order valence-electron chi connectivity index (χ0n) is 15.7. The van der Waals surface area contributed by atoms with Crippen LogP contribution in [0.25, 0.3) is 33.1 Å². The SMILES string of the molecule is CC(Nc1cc(-c2cccc3c2ccn3Cl)c2nccnc2c1)c1cccnc1. The molecule has 0 amide bonds. The Hall–Kier alpha value is -3.44. The molecule has 3 heterocycles. The first-order valence-corrected chi connectivity index (χ1v) is 9.72. The van der Waals surface area contributed by atoms with Crippen LogP contribution in [0.5, 0.6) is 0 Å². The van der Waals surface area contributed by atoms with Crippen molar-refractivity contribution in [2.75, 3.05) is 5.32 Å². The number of pyridine rings is 1. The fourth-order valence-corrected chi connectivity index (χ4v) is 3.90. The smallest absolute Gasteiger partial charge is 0.0966 e. The van der Waals surface area contributed by atoms with Gasteiger partial charge in [0.15, 0.2) is 0 Å². The van der Waals surface area contributed by atoms with Crippen LogP contribution in [0, 0.1) is 0 Å². The van der Waals surface area contributed by atoms with E-state index in [0.29, 0.717) is 0 Å². The number of nitrogens with one attached hydrogen (secondary N) is 1. The van der Waals surface area contributed by atoms with Crippen molar-refractivity contribution in [2.24, 2.45) is 0 Å². The van der Waals surface area contributed by atoms with E-state index in [-0.39, 0.29) is 6.04 Å². The van der Waals surface area contributed by atoms with Gasteiger partial charge in [0, 0.05) is 59.4 Å². The molecule has 0 spiro atoms. The number of anilines is 1. The molecule has 0 aliphatic heterocycles. The van der Waals surface area contributed by atoms with E-state index in [9.17, 15) is 0 Å². The molecule has 0 saturated carbocycles. The van der Waals surface area contributed by atoms with Crippen molar-refractivity contribution in [3.63, 3.8) is 0 Å². The van der Waals surface area contributed by atoms with Crippen LogP contribution in [0.4, 0.5) is 5.69 Å². The topological polar surface area (TPSA) is 55.6 Å². The Morgan fingerprint density at radius 1 is 0.966 bits per heavy atom. The van der Waals surface area contributed by atoms with Gasteiger partial charge in [-0.15, -0.1) is 0 Å². The number of halogens is 1. The first kappa shape index (κ1) is 17.6. The van der Waals surface area contributed by atoms with Gasteiger partial charge < -0.3 is 5.32 Å². The Labute approximate surface area is 173 Å². The molecule has 0 radical (unpaired) electrons. The van der Waals surface area contributed by atoms with Gasteiger partial charge in [-0.05, 0) is 48.4 Å². The highest BCUT2D eigenvalue weighted by atomic mass is 35.5. The average Bonchev–Trinajstić information content (AvgIpc) is 3.15. The third kappa shape index (κ3) is 3.19. The summed E-state index contributed by atoms with van der Waals surface area (Å²) in [6.45, 7) is 2.12. The third-order valence-electron chi connectivity index (χ3n) is 5.12. The zero-order chi connectivity index (χ0) is 19.8. The number of nitrogens with zero attached hydrogens (tertiary/aromatic N) is 4. The molecule has 1 unspecified atom stereocenters. The van der Waals surface area contributed by atoms with Crippen LogP contribution in [0.15, 0.2) is 79.5 Å². The van der Waals surface area contributed by atoms with E-state index in [1.165, 1.54) is 0 Å². The van der Waals surface area contributed by atoms with Crippen LogP contribution in [-0.2, 0) is 0 Å². The number of hydrogen-bond acceptors (Lipinski definition) is 4. The lowest BCUT2D eigenvalue weighted by atomic mass is 9.99. The predicted molar refractivity (Wildman–Crippen MR) is 118 cm³/mol. The van der Waals surface area contributed by atoms with E-state index in [1.807, 2.05) is 42.7 Å². The Bertz CT molecular complexity index is 1310. The lowest BCUT2D eigenvalue weighted by Gasteiger charge is -2.17. The highest BCUT2D eigenvalue weighted by Crippen LogP contribution is 2.36. The summed E-state index contributed by atoms with van der Waals surface area (Å²) < 4.78 is 1.61. The molecule has 0 fully saturated rings. The van der Waals surface area contributed by atoms with Crippen molar-refractivity contribution in [3.8, 4) is 11.1 Å². The van der Waals surface area contributed by atoms with Gasteiger partial charge in [-0.3, -0.25) is 19.0 Å². The van der Waals surface area contributed by atoms with Gasteiger partial charge in [0.05, 0.1) is 22.6 Å². The van der Waals surface area contributed by atoms with Crippen molar-refractivity contribution < 1.29 is 0 Å². The molecule has 0 aliphatic carbocycles. The first-order valence-electron chi connectivity index (χ1n) is 9.38. The van der Waals surface area contributed by atoms with Crippen LogP contribution in [0.2, 0.25) is 0 Å². The molecular weight excluding hydrogens is 382 g/mol. The lowest BCUT2D eigenvalue weighted by Crippen LogP contribution is -2.07. The fourth-order valence-electron chi connectivity index (χ4n) is 3.70. The van der Waals surface area contributed by atoms with E-state index < -0.39 is 0 Å². The van der Waals surface area contributed by atoms with Gasteiger partial charge in [0.25, 0.3) is 0 Å². The van der Waals surface area contributed by atoms with E-state index in [0.717, 1.165) is 44.3 Å². The van der Waals surface area contributed by atoms with Crippen LogP contribution in [-0.4, -0.2) is 19.0 Å². The van der Waals surface area contributed by atoms with Crippen molar-refractivity contribution in [2.45, 2.75) is 13.0 Å². The van der Waals surface area contributed by atoms with Crippen LogP contribution >= 0.6 is 11.8 Å². The molecule has 142 valence electrons. The number of hydrogen-bond donors (Lipinski definition) is 1. The Kier molecular flexibility index (Phi) is 4.37. The first-order chi connectivity index (χ1) is 14.2. The van der Waals surface area contributed by atoms with Crippen molar-refractivity contribution in [1.82, 2.24) is 19.0 Å². The second kappa shape index (κ2) is 7.18. The lowest BCUT2D eigenvalue weighted by molar-refractivity contribution is 0.876. The molecule has 5 nitrogen and oxygen atoms in total. The van der Waals surface area contributed by atoms with Crippen molar-refractivity contribution in [3.05, 3.63) is 85.1 Å². The van der Waals surface area contributed by atoms with Gasteiger partial charge >= 0.3 is 0 Å². The highest BCUT2D eigenvalue weighted by Gasteiger charge is 2.14. The predicted octanol–water partition coefficient (Wildman–Crippen LogP) is 5.82. The molecule has 2 aromatic carbocycles. The summed E-state index contributed by atoms with van der Waals surface area (Å²) in [5.41, 5.74) is 6.86. The molecule has 29 heavy (non-hydrogen) atoms. The van der Waals surface area contributed by atoms with Crippen molar-refractivity contribution in [1.29, 1.82) is 0 Å². The minimum atomic E-state index is 0.102. The van der Waals surface area contributed by atoms with Gasteiger partial charge in [0.2, 0.25) is 0 Å². The second-order valence-corrected chi connectivity index (χ2v) is 7.33. The number of fused-ring (bicyclic) bond motifs is 2. The monoisotopic (exact) mass is 399 g/mol. The quantitative estimate of drug-likeness (QED) is 0.413. The molecule has 0 bridgehead atoms. The van der Waals surface area contributed by atoms with E-state index in [4.69, 9.17) is 11.8 Å². The molecule has 1 atom stereocenters. The molecule has 3 aromatic heterocycles. The van der Waals surface area contributed by atoms with Crippen LogP contribution < -0.4 is 5.32 Å². The van der Waals surface area contributed by atoms with Crippen LogP contribution in [0.1, 0.15) is 18.5 Å². The number of rotatable bonds is 4. The summed E-state index contributed by atoms with van der Waals surface area (Å²) >= 11 is 6.29. The summed E-state index contributed by atoms with van der Waals surface area (Å²) in [5, 5.41) is 4.65. The van der Waals surface area contributed by atoms with E-state index in [1.54, 1.807) is 22.7 Å². The summed E-state index contributed by atoms with van der Waals surface area (Å²) in [7, 11) is 0. The molecule has 1 N–H and O–H groups in total. The molecule has 6 heteroatoms. The average molecular weight is 400 g/mol. The summed E-state index contributed by atoms with van der Waals surface area (Å²) in [5.74, 6) is 0. The molecule has 0 saturated heterocycles. The Morgan fingerprint density at radius 2 is 1.86 bits per heavy atom. The van der Waals surface area contributed by atoms with Gasteiger partial charge in [-0.25, -0.2) is 0 Å². The molecule has 5 rings (SSSR count). The zero-order valence-corrected chi connectivity index (χ0v) is 16.5. The second-order valence-electron chi connectivity index (χ2n) is 6.97. The maximum Gasteiger partial charge on any atom is 0.0966 e. The van der Waals surface area contributed by atoms with E-state index in [2.05, 4.69) is 45.4 Å². The number of benzene rings is 2. The standard InChI is InChI=1S/C23H18ClN5/c1-15(16-4-3-8-25-14-16)28-17-12-20(23-21(13-17)26-9-10-27-23)18-5-2-6-22-19(18)7-11-29(22)24/h2-15,28H,1H3. The maximum atomic E-state index is 6.29. The van der Waals surface area contributed by atoms with Gasteiger partial charge in [-0.2, -0.15) is 0 Å². The Balaban J connectivity index is 1.67. The normalized spacial score (nSPS) is 12.3. The largest absolute Gasteiger partial charge is 0.378 e. The van der Waals surface area contributed by atoms with Crippen LogP contribution in [0.3, 0.4) is 0 Å². The maximum absolute atomic E-state index is 6.29. The highest BCUT2D eigenvalue weighted by molar-refractivity contribution is 6.20. The summed E-state index contributed by atoms with van der Waals surface area (Å²) in [6, 6.07) is 16.4. The molecule has 5 aromatic rings. The fraction of sp³-hybridized carbons (Fsp3) is 0.0870. The van der Waals surface area contributed by atoms with E-state index >= 15 is 0 Å². The summed E-state index contributed by atoms with van der Waals surface area (Å²) in [4.78, 5) is 13.4. The van der Waals surface area contributed by atoms with Gasteiger partial charge in [-0.1, -0.05) is 18.2 Å². The molecule has 0 aliphatic rings. The third-order valence-corrected chi connectivity index (χ3v) is 5.41.